The first-order valence-electron chi connectivity index (χ1n) is 3.55. The quantitative estimate of drug-likeness (QED) is 0.451. The summed E-state index contributed by atoms with van der Waals surface area (Å²) < 4.78 is 21.6. The normalized spacial score (nSPS) is 11.2. The molecule has 0 aliphatic carbocycles. The lowest BCUT2D eigenvalue weighted by Crippen LogP contribution is -1.98. The predicted molar refractivity (Wildman–Crippen MR) is 50.2 cm³/mol. The van der Waals surface area contributed by atoms with E-state index in [1.165, 1.54) is 24.3 Å². The van der Waals surface area contributed by atoms with Gasteiger partial charge in [-0.1, -0.05) is 12.1 Å². The molecule has 76 valence electrons. The first kappa shape index (κ1) is 10.9. The van der Waals surface area contributed by atoms with E-state index in [-0.39, 0.29) is 11.4 Å². The second kappa shape index (κ2) is 3.93. The van der Waals surface area contributed by atoms with Gasteiger partial charge in [0, 0.05) is 21.2 Å². The molecule has 0 radical (unpaired) electrons. The zero-order valence-corrected chi connectivity index (χ0v) is 8.46. The van der Waals surface area contributed by atoms with E-state index >= 15 is 0 Å². The van der Waals surface area contributed by atoms with Gasteiger partial charge in [0.25, 0.3) is 9.05 Å². The highest BCUT2D eigenvalue weighted by molar-refractivity contribution is 8.13. The Hall–Kier alpha value is -1.14. The maximum Gasteiger partial charge on any atom is 0.261 e. The molecule has 0 bridgehead atoms. The highest BCUT2D eigenvalue weighted by atomic mass is 35.7. The van der Waals surface area contributed by atoms with E-state index in [0.29, 0.717) is 5.56 Å². The lowest BCUT2D eigenvalue weighted by Gasteiger charge is -1.97. The van der Waals surface area contributed by atoms with Crippen LogP contribution in [0.2, 0.25) is 0 Å². The molecule has 14 heavy (non-hydrogen) atoms. The number of hydrogen-bond acceptors (Lipinski definition) is 4. The molecule has 0 aliphatic rings. The molecule has 0 unspecified atom stereocenters. The summed E-state index contributed by atoms with van der Waals surface area (Å²) in [6.07, 6.45) is 0. The van der Waals surface area contributed by atoms with Gasteiger partial charge in [-0.15, -0.1) is 0 Å². The molecule has 0 aliphatic heterocycles. The van der Waals surface area contributed by atoms with E-state index in [9.17, 15) is 18.5 Å². The second-order valence-electron chi connectivity index (χ2n) is 2.57. The Morgan fingerprint density at radius 2 is 1.79 bits per heavy atom. The van der Waals surface area contributed by atoms with Crippen molar-refractivity contribution in [1.29, 1.82) is 0 Å². The first-order chi connectivity index (χ1) is 6.39. The van der Waals surface area contributed by atoms with Crippen LogP contribution < -0.4 is 0 Å². The summed E-state index contributed by atoms with van der Waals surface area (Å²) in [6.45, 7) is -0.331. The maximum absolute atomic E-state index is 10.8. The molecular weight excluding hydrogens is 230 g/mol. The smallest absolute Gasteiger partial charge is 0.261 e. The summed E-state index contributed by atoms with van der Waals surface area (Å²) in [5.74, 6) is 0. The van der Waals surface area contributed by atoms with Crippen LogP contribution in [0, 0.1) is 10.1 Å². The average Bonchev–Trinajstić information content (AvgIpc) is 2.02. The maximum atomic E-state index is 10.8. The van der Waals surface area contributed by atoms with Gasteiger partial charge in [-0.3, -0.25) is 10.1 Å². The van der Waals surface area contributed by atoms with E-state index < -0.39 is 14.0 Å². The molecule has 0 saturated carbocycles. The molecule has 0 atom stereocenters. The standard InChI is InChI=1S/C7H6ClNO4S/c8-14(12,13)7-3-1-6(2-4-7)5-9(10)11/h1-4H,5H2. The van der Waals surface area contributed by atoms with Crippen LogP contribution in [-0.4, -0.2) is 13.3 Å². The number of hydrogen-bond donors (Lipinski definition) is 0. The molecule has 0 heterocycles. The zero-order valence-electron chi connectivity index (χ0n) is 6.88. The molecule has 7 heteroatoms. The third-order valence-electron chi connectivity index (χ3n) is 1.52. The summed E-state index contributed by atoms with van der Waals surface area (Å²) >= 11 is 0. The van der Waals surface area contributed by atoms with Crippen molar-refractivity contribution in [3.63, 3.8) is 0 Å². The van der Waals surface area contributed by atoms with Gasteiger partial charge in [0.1, 0.15) is 0 Å². The molecular formula is C7H6ClNO4S. The van der Waals surface area contributed by atoms with E-state index in [2.05, 4.69) is 0 Å². The Kier molecular flexibility index (Phi) is 3.07. The minimum Gasteiger partial charge on any atom is -0.264 e. The predicted octanol–water partition coefficient (Wildman–Crippen LogP) is 1.39. The fourth-order valence-electron chi connectivity index (χ4n) is 0.906. The minimum atomic E-state index is -3.75. The SMILES string of the molecule is O=[N+]([O-])Cc1ccc(S(=O)(=O)Cl)cc1. The average molecular weight is 236 g/mol. The van der Waals surface area contributed by atoms with Gasteiger partial charge in [-0.2, -0.15) is 0 Å². The van der Waals surface area contributed by atoms with Gasteiger partial charge in [0.05, 0.1) is 4.90 Å². The van der Waals surface area contributed by atoms with E-state index in [1.807, 2.05) is 0 Å². The Morgan fingerprint density at radius 3 is 2.14 bits per heavy atom. The van der Waals surface area contributed by atoms with Gasteiger partial charge >= 0.3 is 0 Å². The van der Waals surface area contributed by atoms with Crippen molar-refractivity contribution in [2.75, 3.05) is 0 Å². The van der Waals surface area contributed by atoms with Crippen LogP contribution in [0.15, 0.2) is 29.2 Å². The summed E-state index contributed by atoms with van der Waals surface area (Å²) in [7, 11) is 1.31. The molecule has 0 saturated heterocycles. The molecule has 0 aromatic heterocycles. The van der Waals surface area contributed by atoms with Crippen LogP contribution >= 0.6 is 10.7 Å². The van der Waals surface area contributed by atoms with Crippen molar-refractivity contribution in [3.8, 4) is 0 Å². The van der Waals surface area contributed by atoms with Crippen LogP contribution in [0.1, 0.15) is 5.56 Å². The number of rotatable bonds is 3. The molecule has 1 aromatic carbocycles. The highest BCUT2D eigenvalue weighted by Gasteiger charge is 2.09. The third kappa shape index (κ3) is 2.97. The van der Waals surface area contributed by atoms with E-state index in [4.69, 9.17) is 10.7 Å². The lowest BCUT2D eigenvalue weighted by atomic mass is 10.2. The topological polar surface area (TPSA) is 77.3 Å². The van der Waals surface area contributed by atoms with Crippen LogP contribution in [0.5, 0.6) is 0 Å². The number of nitrogens with zero attached hydrogens (tertiary/aromatic N) is 1. The van der Waals surface area contributed by atoms with Gasteiger partial charge in [0.2, 0.25) is 6.54 Å². The van der Waals surface area contributed by atoms with Crippen LogP contribution in [-0.2, 0) is 15.6 Å². The van der Waals surface area contributed by atoms with Crippen molar-refractivity contribution in [3.05, 3.63) is 39.9 Å². The number of halogens is 1. The Labute approximate surface area is 84.9 Å². The van der Waals surface area contributed by atoms with E-state index in [1.54, 1.807) is 0 Å². The van der Waals surface area contributed by atoms with Crippen molar-refractivity contribution >= 4 is 19.7 Å². The Morgan fingerprint density at radius 1 is 1.29 bits per heavy atom. The lowest BCUT2D eigenvalue weighted by molar-refractivity contribution is -0.496. The van der Waals surface area contributed by atoms with Gasteiger partial charge in [0.15, 0.2) is 0 Å². The minimum absolute atomic E-state index is 0.0636. The largest absolute Gasteiger partial charge is 0.264 e. The molecule has 5 nitrogen and oxygen atoms in total. The summed E-state index contributed by atoms with van der Waals surface area (Å²) in [5.41, 5.74) is 0.430. The van der Waals surface area contributed by atoms with Crippen molar-refractivity contribution in [2.45, 2.75) is 11.4 Å². The van der Waals surface area contributed by atoms with Crippen LogP contribution in [0.3, 0.4) is 0 Å². The summed E-state index contributed by atoms with van der Waals surface area (Å²) in [5, 5.41) is 10.1. The fraction of sp³-hybridized carbons (Fsp3) is 0.143. The second-order valence-corrected chi connectivity index (χ2v) is 5.14. The van der Waals surface area contributed by atoms with Gasteiger partial charge in [-0.05, 0) is 12.1 Å². The first-order valence-corrected chi connectivity index (χ1v) is 5.86. The van der Waals surface area contributed by atoms with Gasteiger partial charge < -0.3 is 0 Å². The zero-order chi connectivity index (χ0) is 10.8. The van der Waals surface area contributed by atoms with Crippen LogP contribution in [0.4, 0.5) is 0 Å². The molecule has 0 N–H and O–H groups in total. The number of benzene rings is 1. The summed E-state index contributed by atoms with van der Waals surface area (Å²) in [6, 6.07) is 5.19. The highest BCUT2D eigenvalue weighted by Crippen LogP contribution is 2.15. The Balaban J connectivity index is 2.95. The number of nitro groups is 1. The van der Waals surface area contributed by atoms with Crippen molar-refractivity contribution in [2.24, 2.45) is 0 Å². The molecule has 1 aromatic rings. The summed E-state index contributed by atoms with van der Waals surface area (Å²) in [4.78, 5) is 9.55. The van der Waals surface area contributed by atoms with E-state index in [0.717, 1.165) is 0 Å². The van der Waals surface area contributed by atoms with Gasteiger partial charge in [-0.25, -0.2) is 8.42 Å². The monoisotopic (exact) mass is 235 g/mol. The molecule has 0 amide bonds. The fourth-order valence-corrected chi connectivity index (χ4v) is 1.68. The van der Waals surface area contributed by atoms with Crippen molar-refractivity contribution in [1.82, 2.24) is 0 Å². The van der Waals surface area contributed by atoms with Crippen molar-refractivity contribution < 1.29 is 13.3 Å². The Bertz CT molecular complexity index is 439. The molecule has 0 fully saturated rings. The molecule has 1 rings (SSSR count). The van der Waals surface area contributed by atoms with Crippen LogP contribution in [0.25, 0.3) is 0 Å². The molecule has 0 spiro atoms. The third-order valence-corrected chi connectivity index (χ3v) is 2.89.